The van der Waals surface area contributed by atoms with Gasteiger partial charge in [0, 0.05) is 27.7 Å². The van der Waals surface area contributed by atoms with Gasteiger partial charge < -0.3 is 29.0 Å². The van der Waals surface area contributed by atoms with E-state index in [1.54, 1.807) is 0 Å². The van der Waals surface area contributed by atoms with E-state index in [4.69, 9.17) is 23.7 Å². The van der Waals surface area contributed by atoms with Crippen LogP contribution in [0, 0.1) is 0 Å². The summed E-state index contributed by atoms with van der Waals surface area (Å²) in [6, 6.07) is 11.9. The minimum Gasteiger partial charge on any atom is -0.463 e. The highest BCUT2D eigenvalue weighted by Gasteiger charge is 2.52. The molecule has 1 saturated heterocycles. The first-order valence-electron chi connectivity index (χ1n) is 11.6. The van der Waals surface area contributed by atoms with Crippen molar-refractivity contribution in [3.63, 3.8) is 0 Å². The van der Waals surface area contributed by atoms with Crippen LogP contribution in [-0.2, 0) is 54.1 Å². The van der Waals surface area contributed by atoms with Gasteiger partial charge in [0.25, 0.3) is 0 Å². The summed E-state index contributed by atoms with van der Waals surface area (Å²) in [6.07, 6.45) is -5.25. The van der Waals surface area contributed by atoms with Crippen molar-refractivity contribution in [2.45, 2.75) is 64.8 Å². The number of amides is 1. The monoisotopic (exact) mass is 515 g/mol. The second kappa shape index (κ2) is 12.3. The number of benzene rings is 2. The summed E-state index contributed by atoms with van der Waals surface area (Å²) < 4.78 is 26.9. The minimum absolute atomic E-state index is 0.0491. The molecule has 1 N–H and O–H groups in total. The number of ether oxygens (including phenoxy) is 5. The molecular formula is C26H29NO10. The summed E-state index contributed by atoms with van der Waals surface area (Å²) in [5, 5.41) is 4.55. The topological polar surface area (TPSA) is 144 Å². The third-order valence-electron chi connectivity index (χ3n) is 5.54. The van der Waals surface area contributed by atoms with Crippen LogP contribution in [0.5, 0.6) is 0 Å². The zero-order valence-electron chi connectivity index (χ0n) is 20.9. The molecule has 0 radical (unpaired) electrons. The first-order valence-corrected chi connectivity index (χ1v) is 11.6. The van der Waals surface area contributed by atoms with Crippen molar-refractivity contribution in [1.82, 2.24) is 5.32 Å². The van der Waals surface area contributed by atoms with Gasteiger partial charge in [-0.15, -0.1) is 0 Å². The molecule has 1 amide bonds. The summed E-state index contributed by atoms with van der Waals surface area (Å²) in [6.45, 7) is 4.20. The van der Waals surface area contributed by atoms with Gasteiger partial charge in [0.2, 0.25) is 12.2 Å². The number of carbonyl (C=O) groups is 5. The Morgan fingerprint density at radius 1 is 0.784 bits per heavy atom. The van der Waals surface area contributed by atoms with Crippen LogP contribution >= 0.6 is 0 Å². The van der Waals surface area contributed by atoms with Gasteiger partial charge >= 0.3 is 23.9 Å². The summed E-state index contributed by atoms with van der Waals surface area (Å²) in [4.78, 5) is 60.3. The van der Waals surface area contributed by atoms with E-state index in [0.717, 1.165) is 37.1 Å². The molecule has 0 spiro atoms. The molecule has 1 aliphatic rings. The van der Waals surface area contributed by atoms with Crippen LogP contribution in [0.15, 0.2) is 42.5 Å². The average molecular weight is 516 g/mol. The van der Waals surface area contributed by atoms with Gasteiger partial charge in [-0.1, -0.05) is 42.5 Å². The number of carbonyl (C=O) groups excluding carboxylic acids is 5. The summed E-state index contributed by atoms with van der Waals surface area (Å²) in [7, 11) is 0. The fraction of sp³-hybridized carbons (Fsp3) is 0.423. The maximum Gasteiger partial charge on any atom is 0.305 e. The summed E-state index contributed by atoms with van der Waals surface area (Å²) in [5.74, 6) is -3.34. The van der Waals surface area contributed by atoms with Crippen molar-refractivity contribution in [3.05, 3.63) is 48.0 Å². The fourth-order valence-electron chi connectivity index (χ4n) is 4.18. The molecule has 0 bridgehead atoms. The van der Waals surface area contributed by atoms with Crippen molar-refractivity contribution in [3.8, 4) is 0 Å². The van der Waals surface area contributed by atoms with Gasteiger partial charge in [0.15, 0.2) is 12.2 Å². The van der Waals surface area contributed by atoms with E-state index in [9.17, 15) is 24.0 Å². The van der Waals surface area contributed by atoms with Crippen LogP contribution in [0.4, 0.5) is 0 Å². The molecule has 0 aromatic heterocycles. The Morgan fingerprint density at radius 3 is 2.05 bits per heavy atom. The van der Waals surface area contributed by atoms with Crippen LogP contribution in [0.1, 0.15) is 33.3 Å². The molecule has 2 aromatic carbocycles. The second-order valence-electron chi connectivity index (χ2n) is 8.51. The standard InChI is InChI=1S/C26H29NO10/c1-14(28)33-13-21-24(34-15(2)29)25(35-16(3)30)23(26(37-21)36-17(4)31)27-22(32)12-19-10-7-9-18-8-5-6-11-20(18)19/h5-11,21,23-26H,12-13H2,1-4H3,(H,27,32)/t21-,23+,24+,25+,26-/m0/s1. The molecule has 1 fully saturated rings. The highest BCUT2D eigenvalue weighted by Crippen LogP contribution is 2.28. The van der Waals surface area contributed by atoms with Gasteiger partial charge in [-0.05, 0) is 16.3 Å². The van der Waals surface area contributed by atoms with Crippen molar-refractivity contribution in [2.24, 2.45) is 0 Å². The Kier molecular flexibility index (Phi) is 9.18. The minimum atomic E-state index is -1.44. The Bertz CT molecular complexity index is 1170. The van der Waals surface area contributed by atoms with Gasteiger partial charge in [-0.2, -0.15) is 0 Å². The van der Waals surface area contributed by atoms with E-state index < -0.39 is 60.4 Å². The second-order valence-corrected chi connectivity index (χ2v) is 8.51. The lowest BCUT2D eigenvalue weighted by Crippen LogP contribution is -2.67. The zero-order valence-corrected chi connectivity index (χ0v) is 20.9. The molecule has 5 atom stereocenters. The third kappa shape index (κ3) is 7.50. The number of esters is 4. The van der Waals surface area contributed by atoms with Crippen molar-refractivity contribution in [2.75, 3.05) is 6.61 Å². The molecule has 1 aliphatic heterocycles. The summed E-state index contributed by atoms with van der Waals surface area (Å²) >= 11 is 0. The number of hydrogen-bond acceptors (Lipinski definition) is 10. The Morgan fingerprint density at radius 2 is 1.41 bits per heavy atom. The zero-order chi connectivity index (χ0) is 27.1. The van der Waals surface area contributed by atoms with Crippen LogP contribution in [-0.4, -0.2) is 67.0 Å². The Hall–Kier alpha value is -3.99. The molecule has 0 saturated carbocycles. The first-order chi connectivity index (χ1) is 17.5. The number of fused-ring (bicyclic) bond motifs is 1. The normalized spacial score (nSPS) is 23.0. The quantitative estimate of drug-likeness (QED) is 0.406. The molecule has 11 heteroatoms. The lowest BCUT2D eigenvalue weighted by Gasteiger charge is -2.44. The van der Waals surface area contributed by atoms with Crippen molar-refractivity contribution >= 4 is 40.6 Å². The SMILES string of the molecule is CC(=O)OC[C@@H]1O[C@H](OC(C)=O)[C@H](NC(=O)Cc2cccc3ccccc23)[C@@H](OC(C)=O)[C@@H]1OC(C)=O. The van der Waals surface area contributed by atoms with Gasteiger partial charge in [-0.25, -0.2) is 0 Å². The number of rotatable bonds is 8. The van der Waals surface area contributed by atoms with E-state index in [1.165, 1.54) is 6.92 Å². The molecule has 11 nitrogen and oxygen atoms in total. The number of nitrogens with one attached hydrogen (secondary N) is 1. The van der Waals surface area contributed by atoms with Crippen LogP contribution in [0.2, 0.25) is 0 Å². The smallest absolute Gasteiger partial charge is 0.305 e. The van der Waals surface area contributed by atoms with Crippen LogP contribution < -0.4 is 5.32 Å². The van der Waals surface area contributed by atoms with E-state index >= 15 is 0 Å². The van der Waals surface area contributed by atoms with Gasteiger partial charge in [0.1, 0.15) is 18.8 Å². The lowest BCUT2D eigenvalue weighted by molar-refractivity contribution is -0.271. The number of hydrogen-bond donors (Lipinski definition) is 1. The highest BCUT2D eigenvalue weighted by atomic mass is 16.7. The lowest BCUT2D eigenvalue weighted by atomic mass is 9.95. The molecule has 1 heterocycles. The first kappa shape index (κ1) is 27.6. The van der Waals surface area contributed by atoms with Gasteiger partial charge in [0.05, 0.1) is 6.42 Å². The molecular weight excluding hydrogens is 486 g/mol. The van der Waals surface area contributed by atoms with E-state index in [0.29, 0.717) is 0 Å². The highest BCUT2D eigenvalue weighted by molar-refractivity contribution is 5.90. The van der Waals surface area contributed by atoms with Crippen molar-refractivity contribution < 1.29 is 47.7 Å². The Balaban J connectivity index is 1.93. The Labute approximate surface area is 213 Å². The predicted octanol–water partition coefficient (Wildman–Crippen LogP) is 1.58. The molecule has 198 valence electrons. The third-order valence-corrected chi connectivity index (χ3v) is 5.54. The molecule has 0 aliphatic carbocycles. The van der Waals surface area contributed by atoms with Gasteiger partial charge in [-0.3, -0.25) is 24.0 Å². The molecule has 2 aromatic rings. The van der Waals surface area contributed by atoms with Crippen molar-refractivity contribution in [1.29, 1.82) is 0 Å². The maximum absolute atomic E-state index is 13.2. The maximum atomic E-state index is 13.2. The van der Waals surface area contributed by atoms with E-state index in [2.05, 4.69) is 5.32 Å². The largest absolute Gasteiger partial charge is 0.463 e. The predicted molar refractivity (Wildman–Crippen MR) is 128 cm³/mol. The fourth-order valence-corrected chi connectivity index (χ4v) is 4.18. The molecule has 0 unspecified atom stereocenters. The average Bonchev–Trinajstić information content (AvgIpc) is 2.81. The van der Waals surface area contributed by atoms with E-state index in [-0.39, 0.29) is 13.0 Å². The van der Waals surface area contributed by atoms with E-state index in [1.807, 2.05) is 42.5 Å². The van der Waals surface area contributed by atoms with Crippen LogP contribution in [0.3, 0.4) is 0 Å². The van der Waals surface area contributed by atoms with Crippen LogP contribution in [0.25, 0.3) is 10.8 Å². The summed E-state index contributed by atoms with van der Waals surface area (Å²) in [5.41, 5.74) is 0.740. The molecule has 37 heavy (non-hydrogen) atoms. The molecule has 3 rings (SSSR count).